The maximum absolute atomic E-state index is 13.7. The molecule has 0 radical (unpaired) electrons. The minimum Gasteiger partial charge on any atom is -0.493 e. The zero-order valence-electron chi connectivity index (χ0n) is 16.9. The van der Waals surface area contributed by atoms with Crippen molar-refractivity contribution >= 4 is 40.6 Å². The SMILES string of the molecule is C=CCOc1ccc(/C=C2/SC(=O)N(CC(=O)Nc3ccc(F)cc3F)C2=O)cc1OC. The molecule has 7 nitrogen and oxygen atoms in total. The Morgan fingerprint density at radius 2 is 1.97 bits per heavy atom. The molecule has 32 heavy (non-hydrogen) atoms. The van der Waals surface area contributed by atoms with E-state index >= 15 is 0 Å². The van der Waals surface area contributed by atoms with Crippen LogP contribution in [-0.4, -0.2) is 42.2 Å². The van der Waals surface area contributed by atoms with Crippen molar-refractivity contribution in [2.45, 2.75) is 0 Å². The van der Waals surface area contributed by atoms with Crippen LogP contribution in [0.1, 0.15) is 5.56 Å². The lowest BCUT2D eigenvalue weighted by atomic mass is 10.2. The van der Waals surface area contributed by atoms with Gasteiger partial charge in [0.05, 0.1) is 17.7 Å². The molecule has 1 aliphatic rings. The summed E-state index contributed by atoms with van der Waals surface area (Å²) in [6, 6.07) is 7.61. The van der Waals surface area contributed by atoms with Crippen molar-refractivity contribution in [3.05, 3.63) is 71.2 Å². The first-order valence-corrected chi connectivity index (χ1v) is 10.1. The fourth-order valence-electron chi connectivity index (χ4n) is 2.75. The number of halogens is 2. The summed E-state index contributed by atoms with van der Waals surface area (Å²) < 4.78 is 37.4. The first-order valence-electron chi connectivity index (χ1n) is 9.24. The van der Waals surface area contributed by atoms with Crippen molar-refractivity contribution < 1.29 is 32.6 Å². The lowest BCUT2D eigenvalue weighted by Gasteiger charge is -2.13. The summed E-state index contributed by atoms with van der Waals surface area (Å²) in [5, 5.41) is 1.57. The van der Waals surface area contributed by atoms with Gasteiger partial charge in [0.2, 0.25) is 5.91 Å². The van der Waals surface area contributed by atoms with Crippen molar-refractivity contribution in [3.63, 3.8) is 0 Å². The topological polar surface area (TPSA) is 84.9 Å². The van der Waals surface area contributed by atoms with E-state index in [0.29, 0.717) is 41.5 Å². The molecule has 0 aromatic heterocycles. The highest BCUT2D eigenvalue weighted by molar-refractivity contribution is 8.18. The van der Waals surface area contributed by atoms with Crippen LogP contribution in [0.15, 0.2) is 54.0 Å². The average Bonchev–Trinajstić information content (AvgIpc) is 3.02. The van der Waals surface area contributed by atoms with Gasteiger partial charge in [-0.05, 0) is 47.7 Å². The lowest BCUT2D eigenvalue weighted by molar-refractivity contribution is -0.127. The van der Waals surface area contributed by atoms with Crippen molar-refractivity contribution in [2.24, 2.45) is 0 Å². The molecule has 0 atom stereocenters. The fourth-order valence-corrected chi connectivity index (χ4v) is 3.59. The third kappa shape index (κ3) is 5.33. The molecule has 1 fully saturated rings. The zero-order chi connectivity index (χ0) is 23.3. The van der Waals surface area contributed by atoms with Gasteiger partial charge in [-0.3, -0.25) is 19.3 Å². The summed E-state index contributed by atoms with van der Waals surface area (Å²) >= 11 is 0.671. The molecule has 0 bridgehead atoms. The van der Waals surface area contributed by atoms with Crippen LogP contribution in [0, 0.1) is 11.6 Å². The number of benzene rings is 2. The first kappa shape index (κ1) is 23.0. The number of hydrogen-bond acceptors (Lipinski definition) is 6. The number of thioether (sulfide) groups is 1. The molecular weight excluding hydrogens is 442 g/mol. The van der Waals surface area contributed by atoms with Gasteiger partial charge in [0.1, 0.15) is 24.8 Å². The van der Waals surface area contributed by atoms with Crippen LogP contribution in [0.2, 0.25) is 0 Å². The highest BCUT2D eigenvalue weighted by Gasteiger charge is 2.36. The third-order valence-corrected chi connectivity index (χ3v) is 5.13. The van der Waals surface area contributed by atoms with E-state index in [1.165, 1.54) is 13.2 Å². The van der Waals surface area contributed by atoms with Gasteiger partial charge in [-0.2, -0.15) is 0 Å². The zero-order valence-corrected chi connectivity index (χ0v) is 17.7. The smallest absolute Gasteiger partial charge is 0.294 e. The largest absolute Gasteiger partial charge is 0.493 e. The van der Waals surface area contributed by atoms with Crippen LogP contribution in [0.4, 0.5) is 19.3 Å². The highest BCUT2D eigenvalue weighted by Crippen LogP contribution is 2.34. The molecule has 0 aliphatic carbocycles. The number of imide groups is 1. The van der Waals surface area contributed by atoms with E-state index in [0.717, 1.165) is 17.0 Å². The van der Waals surface area contributed by atoms with E-state index in [4.69, 9.17) is 9.47 Å². The molecule has 1 heterocycles. The molecule has 1 saturated heterocycles. The van der Waals surface area contributed by atoms with Crippen LogP contribution in [0.25, 0.3) is 6.08 Å². The van der Waals surface area contributed by atoms with Crippen molar-refractivity contribution in [3.8, 4) is 11.5 Å². The summed E-state index contributed by atoms with van der Waals surface area (Å²) in [7, 11) is 1.47. The van der Waals surface area contributed by atoms with E-state index in [2.05, 4.69) is 11.9 Å². The Morgan fingerprint density at radius 1 is 1.19 bits per heavy atom. The number of carbonyl (C=O) groups is 3. The van der Waals surface area contributed by atoms with Crippen molar-refractivity contribution in [2.75, 3.05) is 25.6 Å². The molecule has 0 spiro atoms. The summed E-state index contributed by atoms with van der Waals surface area (Å²) in [5.41, 5.74) is 0.320. The highest BCUT2D eigenvalue weighted by atomic mass is 32.2. The number of rotatable bonds is 8. The van der Waals surface area contributed by atoms with Crippen molar-refractivity contribution in [1.29, 1.82) is 0 Å². The Bertz CT molecular complexity index is 1120. The van der Waals surface area contributed by atoms with Crippen LogP contribution in [0.5, 0.6) is 11.5 Å². The molecule has 3 rings (SSSR count). The van der Waals surface area contributed by atoms with Gasteiger partial charge < -0.3 is 14.8 Å². The number of amides is 3. The summed E-state index contributed by atoms with van der Waals surface area (Å²) in [5.74, 6) is -2.32. The molecule has 3 amide bonds. The monoisotopic (exact) mass is 460 g/mol. The van der Waals surface area contributed by atoms with Crippen molar-refractivity contribution in [1.82, 2.24) is 4.90 Å². The van der Waals surface area contributed by atoms with Crippen LogP contribution < -0.4 is 14.8 Å². The van der Waals surface area contributed by atoms with Gasteiger partial charge >= 0.3 is 0 Å². The molecule has 10 heteroatoms. The number of ether oxygens (including phenoxy) is 2. The maximum atomic E-state index is 13.7. The Hall–Kier alpha value is -3.66. The average molecular weight is 460 g/mol. The van der Waals surface area contributed by atoms with E-state index in [-0.39, 0.29) is 10.6 Å². The molecule has 2 aromatic carbocycles. The Labute approximate surface area is 186 Å². The first-order chi connectivity index (χ1) is 15.3. The number of methoxy groups -OCH3 is 1. The summed E-state index contributed by atoms with van der Waals surface area (Å²) in [6.07, 6.45) is 3.08. The molecule has 166 valence electrons. The van der Waals surface area contributed by atoms with Gasteiger partial charge in [-0.15, -0.1) is 0 Å². The van der Waals surface area contributed by atoms with Gasteiger partial charge in [0, 0.05) is 6.07 Å². The number of carbonyl (C=O) groups excluding carboxylic acids is 3. The van der Waals surface area contributed by atoms with Crippen LogP contribution in [-0.2, 0) is 9.59 Å². The molecule has 2 aromatic rings. The maximum Gasteiger partial charge on any atom is 0.294 e. The van der Waals surface area contributed by atoms with Gasteiger partial charge in [-0.25, -0.2) is 8.78 Å². The molecule has 1 N–H and O–H groups in total. The summed E-state index contributed by atoms with van der Waals surface area (Å²) in [4.78, 5) is 37.9. The Morgan fingerprint density at radius 3 is 2.66 bits per heavy atom. The normalized spacial score (nSPS) is 14.6. The second kappa shape index (κ2) is 10.1. The number of nitrogens with zero attached hydrogens (tertiary/aromatic N) is 1. The van der Waals surface area contributed by atoms with E-state index in [1.54, 1.807) is 24.3 Å². The van der Waals surface area contributed by atoms with E-state index < -0.39 is 35.2 Å². The quantitative estimate of drug-likeness (QED) is 0.469. The minimum atomic E-state index is -0.971. The summed E-state index contributed by atoms with van der Waals surface area (Å²) in [6.45, 7) is 3.25. The third-order valence-electron chi connectivity index (χ3n) is 4.22. The van der Waals surface area contributed by atoms with Crippen LogP contribution >= 0.6 is 11.8 Å². The second-order valence-electron chi connectivity index (χ2n) is 6.45. The predicted molar refractivity (Wildman–Crippen MR) is 116 cm³/mol. The Balaban J connectivity index is 1.71. The number of nitrogens with one attached hydrogen (secondary N) is 1. The van der Waals surface area contributed by atoms with E-state index in [1.807, 2.05) is 0 Å². The second-order valence-corrected chi connectivity index (χ2v) is 7.44. The lowest BCUT2D eigenvalue weighted by Crippen LogP contribution is -2.36. The fraction of sp³-hybridized carbons (Fsp3) is 0.136. The standard InChI is InChI=1S/C22H18F2N2O5S/c1-3-8-31-17-7-4-13(9-18(17)30-2)10-19-21(28)26(22(29)32-19)12-20(27)25-16-6-5-14(23)11-15(16)24/h3-7,9-11H,1,8,12H2,2H3,(H,25,27)/b19-10+. The molecule has 0 saturated carbocycles. The van der Waals surface area contributed by atoms with Gasteiger partial charge in [-0.1, -0.05) is 18.7 Å². The molecule has 1 aliphatic heterocycles. The minimum absolute atomic E-state index is 0.109. The molecular formula is C22H18F2N2O5S. The predicted octanol–water partition coefficient (Wildman–Crippen LogP) is 4.21. The number of anilines is 1. The van der Waals surface area contributed by atoms with E-state index in [9.17, 15) is 23.2 Å². The molecule has 0 unspecified atom stereocenters. The Kier molecular flexibility index (Phi) is 7.26. The number of hydrogen-bond donors (Lipinski definition) is 1. The van der Waals surface area contributed by atoms with Gasteiger partial charge in [0.25, 0.3) is 11.1 Å². The van der Waals surface area contributed by atoms with Crippen LogP contribution in [0.3, 0.4) is 0 Å². The van der Waals surface area contributed by atoms with Gasteiger partial charge in [0.15, 0.2) is 11.5 Å².